The van der Waals surface area contributed by atoms with Crippen molar-refractivity contribution >= 4 is 5.91 Å². The van der Waals surface area contributed by atoms with Crippen molar-refractivity contribution in [3.05, 3.63) is 71.4 Å². The van der Waals surface area contributed by atoms with Crippen LogP contribution in [-0.4, -0.2) is 27.5 Å². The number of carbonyl (C=O) groups excluding carboxylic acids is 1. The first-order valence-electron chi connectivity index (χ1n) is 9.09. The van der Waals surface area contributed by atoms with E-state index >= 15 is 0 Å². The van der Waals surface area contributed by atoms with Crippen LogP contribution in [0.25, 0.3) is 11.4 Å². The third-order valence-corrected chi connectivity index (χ3v) is 4.87. The summed E-state index contributed by atoms with van der Waals surface area (Å²) in [6.07, 6.45) is 2.54. The van der Waals surface area contributed by atoms with Gasteiger partial charge in [0, 0.05) is 12.1 Å². The molecule has 1 amide bonds. The molecule has 3 aromatic rings. The number of halogens is 1. The topological polar surface area (TPSA) is 59.2 Å². The predicted molar refractivity (Wildman–Crippen MR) is 98.5 cm³/mol. The summed E-state index contributed by atoms with van der Waals surface area (Å²) in [7, 11) is 0. The van der Waals surface area contributed by atoms with Crippen LogP contribution in [0.2, 0.25) is 0 Å². The quantitative estimate of drug-likeness (QED) is 0.683. The molecular formula is C21H20FN3O2. The number of piperidine rings is 1. The maximum Gasteiger partial charge on any atom is 0.257 e. The Bertz CT molecular complexity index is 969. The molecule has 2 aromatic carbocycles. The van der Waals surface area contributed by atoms with Crippen molar-refractivity contribution in [1.82, 2.24) is 15.0 Å². The van der Waals surface area contributed by atoms with Crippen LogP contribution in [0, 0.1) is 12.7 Å². The van der Waals surface area contributed by atoms with E-state index in [0.29, 0.717) is 18.3 Å². The van der Waals surface area contributed by atoms with E-state index in [1.165, 1.54) is 12.1 Å². The van der Waals surface area contributed by atoms with E-state index in [0.717, 1.165) is 30.4 Å². The summed E-state index contributed by atoms with van der Waals surface area (Å²) in [6, 6.07) is 13.6. The van der Waals surface area contributed by atoms with Gasteiger partial charge in [0.25, 0.3) is 5.91 Å². The van der Waals surface area contributed by atoms with Gasteiger partial charge in [0.2, 0.25) is 11.7 Å². The highest BCUT2D eigenvalue weighted by Crippen LogP contribution is 2.32. The number of benzene rings is 2. The van der Waals surface area contributed by atoms with Gasteiger partial charge in [-0.2, -0.15) is 4.98 Å². The summed E-state index contributed by atoms with van der Waals surface area (Å²) in [5, 5.41) is 4.09. The van der Waals surface area contributed by atoms with Crippen molar-refractivity contribution in [1.29, 1.82) is 0 Å². The number of likely N-dealkylation sites (tertiary alicyclic amines) is 1. The fourth-order valence-electron chi connectivity index (χ4n) is 3.49. The Kier molecular flexibility index (Phi) is 4.71. The predicted octanol–water partition coefficient (Wildman–Crippen LogP) is 4.55. The molecule has 1 aliphatic rings. The van der Waals surface area contributed by atoms with Crippen molar-refractivity contribution in [3.8, 4) is 11.4 Å². The molecule has 0 radical (unpaired) electrons. The number of carbonyl (C=O) groups is 1. The number of hydrogen-bond donors (Lipinski definition) is 0. The zero-order chi connectivity index (χ0) is 18.8. The van der Waals surface area contributed by atoms with Crippen molar-refractivity contribution in [2.75, 3.05) is 6.54 Å². The Morgan fingerprint density at radius 3 is 2.85 bits per heavy atom. The monoisotopic (exact) mass is 365 g/mol. The third kappa shape index (κ3) is 3.47. The average Bonchev–Trinajstić information content (AvgIpc) is 3.18. The van der Waals surface area contributed by atoms with Gasteiger partial charge in [-0.25, -0.2) is 4.39 Å². The van der Waals surface area contributed by atoms with E-state index in [1.807, 2.05) is 31.2 Å². The molecular weight excluding hydrogens is 345 g/mol. The van der Waals surface area contributed by atoms with E-state index in [9.17, 15) is 9.18 Å². The SMILES string of the molecule is Cc1cccc(-c2noc([C@H]3CCCCN3C(=O)c3ccccc3F)n2)c1. The summed E-state index contributed by atoms with van der Waals surface area (Å²) in [6.45, 7) is 2.54. The van der Waals surface area contributed by atoms with Crippen LogP contribution in [0.3, 0.4) is 0 Å². The van der Waals surface area contributed by atoms with Crippen LogP contribution in [0.15, 0.2) is 53.1 Å². The Morgan fingerprint density at radius 1 is 1.19 bits per heavy atom. The first-order chi connectivity index (χ1) is 13.1. The number of aryl methyl sites for hydroxylation is 1. The van der Waals surface area contributed by atoms with Gasteiger partial charge in [-0.05, 0) is 44.4 Å². The summed E-state index contributed by atoms with van der Waals surface area (Å²) in [4.78, 5) is 19.1. The second-order valence-corrected chi connectivity index (χ2v) is 6.82. The third-order valence-electron chi connectivity index (χ3n) is 4.87. The van der Waals surface area contributed by atoms with E-state index in [-0.39, 0.29) is 17.5 Å². The summed E-state index contributed by atoms with van der Waals surface area (Å²) in [5.74, 6) is 0.0411. The highest BCUT2D eigenvalue weighted by molar-refractivity contribution is 5.94. The molecule has 0 spiro atoms. The highest BCUT2D eigenvalue weighted by atomic mass is 19.1. The molecule has 6 heteroatoms. The average molecular weight is 365 g/mol. The van der Waals surface area contributed by atoms with Crippen LogP contribution in [0.1, 0.15) is 47.1 Å². The largest absolute Gasteiger partial charge is 0.337 e. The molecule has 0 bridgehead atoms. The minimum atomic E-state index is -0.516. The van der Waals surface area contributed by atoms with E-state index in [2.05, 4.69) is 10.1 Å². The minimum absolute atomic E-state index is 0.0721. The van der Waals surface area contributed by atoms with Crippen molar-refractivity contribution < 1.29 is 13.7 Å². The Morgan fingerprint density at radius 2 is 2.04 bits per heavy atom. The maximum atomic E-state index is 14.1. The van der Waals surface area contributed by atoms with E-state index in [1.54, 1.807) is 17.0 Å². The lowest BCUT2D eigenvalue weighted by Gasteiger charge is -2.33. The van der Waals surface area contributed by atoms with Crippen LogP contribution in [0.5, 0.6) is 0 Å². The molecule has 27 heavy (non-hydrogen) atoms. The molecule has 1 aromatic heterocycles. The van der Waals surface area contributed by atoms with Gasteiger partial charge in [0.1, 0.15) is 11.9 Å². The van der Waals surface area contributed by atoms with Gasteiger partial charge in [-0.3, -0.25) is 4.79 Å². The van der Waals surface area contributed by atoms with Crippen LogP contribution in [0.4, 0.5) is 4.39 Å². The lowest BCUT2D eigenvalue weighted by Crippen LogP contribution is -2.39. The summed E-state index contributed by atoms with van der Waals surface area (Å²) in [5.41, 5.74) is 2.04. The van der Waals surface area contributed by atoms with Gasteiger partial charge >= 0.3 is 0 Å². The molecule has 1 fully saturated rings. The smallest absolute Gasteiger partial charge is 0.257 e. The Balaban J connectivity index is 1.64. The zero-order valence-electron chi connectivity index (χ0n) is 15.1. The molecule has 0 N–H and O–H groups in total. The maximum absolute atomic E-state index is 14.1. The number of nitrogens with zero attached hydrogens (tertiary/aromatic N) is 3. The van der Waals surface area contributed by atoms with Gasteiger partial charge in [0.05, 0.1) is 5.56 Å². The van der Waals surface area contributed by atoms with E-state index in [4.69, 9.17) is 4.52 Å². The molecule has 1 saturated heterocycles. The molecule has 138 valence electrons. The van der Waals surface area contributed by atoms with Crippen molar-refractivity contribution in [2.24, 2.45) is 0 Å². The second-order valence-electron chi connectivity index (χ2n) is 6.82. The minimum Gasteiger partial charge on any atom is -0.337 e. The fraction of sp³-hybridized carbons (Fsp3) is 0.286. The Labute approximate surface area is 156 Å². The van der Waals surface area contributed by atoms with Gasteiger partial charge in [-0.15, -0.1) is 0 Å². The molecule has 1 atom stereocenters. The number of amides is 1. The van der Waals surface area contributed by atoms with Crippen LogP contribution < -0.4 is 0 Å². The molecule has 0 aliphatic carbocycles. The summed E-state index contributed by atoms with van der Waals surface area (Å²) < 4.78 is 19.6. The van der Waals surface area contributed by atoms with Crippen LogP contribution in [-0.2, 0) is 0 Å². The van der Waals surface area contributed by atoms with Gasteiger partial charge < -0.3 is 9.42 Å². The highest BCUT2D eigenvalue weighted by Gasteiger charge is 2.33. The number of hydrogen-bond acceptors (Lipinski definition) is 4. The molecule has 0 unspecified atom stereocenters. The molecule has 2 heterocycles. The molecule has 0 saturated carbocycles. The van der Waals surface area contributed by atoms with Crippen molar-refractivity contribution in [3.63, 3.8) is 0 Å². The first-order valence-corrected chi connectivity index (χ1v) is 9.09. The Hall–Kier alpha value is -3.02. The standard InChI is InChI=1S/C21H20FN3O2/c1-14-7-6-8-15(13-14)19-23-20(27-24-19)18-11-4-5-12-25(18)21(26)16-9-2-3-10-17(16)22/h2-3,6-10,13,18H,4-5,11-12H2,1H3/t18-/m1/s1. The number of rotatable bonds is 3. The lowest BCUT2D eigenvalue weighted by atomic mass is 10.0. The molecule has 4 rings (SSSR count). The normalized spacial score (nSPS) is 17.1. The lowest BCUT2D eigenvalue weighted by molar-refractivity contribution is 0.0556. The van der Waals surface area contributed by atoms with Crippen molar-refractivity contribution in [2.45, 2.75) is 32.2 Å². The number of aromatic nitrogens is 2. The van der Waals surface area contributed by atoms with Gasteiger partial charge in [-0.1, -0.05) is 41.1 Å². The molecule has 5 nitrogen and oxygen atoms in total. The first kappa shape index (κ1) is 17.4. The zero-order valence-corrected chi connectivity index (χ0v) is 15.1. The molecule has 1 aliphatic heterocycles. The van der Waals surface area contributed by atoms with Gasteiger partial charge in [0.15, 0.2) is 0 Å². The van der Waals surface area contributed by atoms with E-state index < -0.39 is 5.82 Å². The second kappa shape index (κ2) is 7.31. The fourth-order valence-corrected chi connectivity index (χ4v) is 3.49. The summed E-state index contributed by atoms with van der Waals surface area (Å²) >= 11 is 0. The van der Waals surface area contributed by atoms with Crippen LogP contribution >= 0.6 is 0 Å².